The van der Waals surface area contributed by atoms with Crippen molar-refractivity contribution in [2.45, 2.75) is 20.3 Å². The lowest BCUT2D eigenvalue weighted by atomic mass is 10.2. The van der Waals surface area contributed by atoms with Crippen molar-refractivity contribution < 1.29 is 0 Å². The van der Waals surface area contributed by atoms with E-state index < -0.39 is 0 Å². The number of rotatable bonds is 5. The number of hydrogen-bond donors (Lipinski definition) is 1. The fourth-order valence-corrected chi connectivity index (χ4v) is 1.93. The molecule has 4 nitrogen and oxygen atoms in total. The highest BCUT2D eigenvalue weighted by molar-refractivity contribution is 5.60. The average molecular weight is 256 g/mol. The van der Waals surface area contributed by atoms with Crippen LogP contribution in [0.1, 0.15) is 17.5 Å². The first kappa shape index (κ1) is 13.5. The average Bonchev–Trinajstić information content (AvgIpc) is 2.41. The molecule has 2 N–H and O–H groups in total. The van der Waals surface area contributed by atoms with Gasteiger partial charge in [0.05, 0.1) is 6.20 Å². The predicted octanol–water partition coefficient (Wildman–Crippen LogP) is 2.58. The molecule has 4 heteroatoms. The van der Waals surface area contributed by atoms with Gasteiger partial charge < -0.3 is 10.6 Å². The Kier molecular flexibility index (Phi) is 4.47. The van der Waals surface area contributed by atoms with Gasteiger partial charge in [0.25, 0.3) is 0 Å². The van der Waals surface area contributed by atoms with Crippen LogP contribution in [0.3, 0.4) is 0 Å². The fraction of sp³-hybridized carbons (Fsp3) is 0.333. The van der Waals surface area contributed by atoms with Crippen LogP contribution in [0.15, 0.2) is 36.5 Å². The normalized spacial score (nSPS) is 10.5. The molecule has 0 amide bonds. The monoisotopic (exact) mass is 256 g/mol. The van der Waals surface area contributed by atoms with Gasteiger partial charge in [0.2, 0.25) is 0 Å². The van der Waals surface area contributed by atoms with Crippen molar-refractivity contribution in [3.63, 3.8) is 0 Å². The molecule has 19 heavy (non-hydrogen) atoms. The second kappa shape index (κ2) is 6.29. The third-order valence-electron chi connectivity index (χ3n) is 2.99. The zero-order valence-electron chi connectivity index (χ0n) is 11.5. The second-order valence-corrected chi connectivity index (χ2v) is 4.72. The number of hydrogen-bond acceptors (Lipinski definition) is 4. The molecule has 1 aromatic carbocycles. The molecule has 100 valence electrons. The molecule has 0 aliphatic carbocycles. The molecule has 0 saturated heterocycles. The van der Waals surface area contributed by atoms with Gasteiger partial charge in [-0.2, -0.15) is 5.10 Å². The van der Waals surface area contributed by atoms with E-state index in [-0.39, 0.29) is 0 Å². The summed E-state index contributed by atoms with van der Waals surface area (Å²) in [5.41, 5.74) is 9.10. The number of aryl methyl sites for hydroxylation is 2. The molecule has 0 saturated carbocycles. The summed E-state index contributed by atoms with van der Waals surface area (Å²) in [5, 5.41) is 8.26. The van der Waals surface area contributed by atoms with Gasteiger partial charge in [0.1, 0.15) is 0 Å². The van der Waals surface area contributed by atoms with Gasteiger partial charge in [0.15, 0.2) is 5.82 Å². The first-order chi connectivity index (χ1) is 9.20. The van der Waals surface area contributed by atoms with E-state index in [1.54, 1.807) is 6.20 Å². The second-order valence-electron chi connectivity index (χ2n) is 4.72. The van der Waals surface area contributed by atoms with E-state index in [0.717, 1.165) is 30.0 Å². The summed E-state index contributed by atoms with van der Waals surface area (Å²) in [6.07, 6.45) is 2.68. The number of benzene rings is 1. The third-order valence-corrected chi connectivity index (χ3v) is 2.99. The van der Waals surface area contributed by atoms with Crippen LogP contribution in [0, 0.1) is 13.8 Å². The van der Waals surface area contributed by atoms with Gasteiger partial charge in [-0.05, 0) is 50.6 Å². The van der Waals surface area contributed by atoms with Gasteiger partial charge in [-0.25, -0.2) is 0 Å². The number of aromatic nitrogens is 2. The summed E-state index contributed by atoms with van der Waals surface area (Å²) in [7, 11) is 0. The summed E-state index contributed by atoms with van der Waals surface area (Å²) < 4.78 is 0. The van der Waals surface area contributed by atoms with E-state index in [1.807, 2.05) is 13.0 Å². The third kappa shape index (κ3) is 3.51. The highest BCUT2D eigenvalue weighted by Crippen LogP contribution is 2.24. The lowest BCUT2D eigenvalue weighted by molar-refractivity contribution is 0.800. The Morgan fingerprint density at radius 1 is 1.11 bits per heavy atom. The van der Waals surface area contributed by atoms with Gasteiger partial charge in [0, 0.05) is 12.2 Å². The maximum atomic E-state index is 5.62. The molecule has 0 fully saturated rings. The van der Waals surface area contributed by atoms with Crippen LogP contribution in [0.5, 0.6) is 0 Å². The SMILES string of the molecule is Cc1ccc(N(CCCN)c2cc(C)cnn2)cc1. The van der Waals surface area contributed by atoms with Gasteiger partial charge in [-0.15, -0.1) is 5.10 Å². The highest BCUT2D eigenvalue weighted by atomic mass is 15.3. The summed E-state index contributed by atoms with van der Waals surface area (Å²) in [6.45, 7) is 5.62. The Balaban J connectivity index is 2.32. The Labute approximate surface area is 114 Å². The number of nitrogens with two attached hydrogens (primary N) is 1. The Morgan fingerprint density at radius 2 is 1.84 bits per heavy atom. The van der Waals surface area contributed by atoms with Crippen molar-refractivity contribution in [1.29, 1.82) is 0 Å². The van der Waals surface area contributed by atoms with E-state index in [4.69, 9.17) is 5.73 Å². The largest absolute Gasteiger partial charge is 0.330 e. The van der Waals surface area contributed by atoms with Crippen LogP contribution in [0.25, 0.3) is 0 Å². The Bertz CT molecular complexity index is 522. The predicted molar refractivity (Wildman–Crippen MR) is 78.6 cm³/mol. The first-order valence-electron chi connectivity index (χ1n) is 6.54. The van der Waals surface area contributed by atoms with Gasteiger partial charge >= 0.3 is 0 Å². The molecular weight excluding hydrogens is 236 g/mol. The zero-order chi connectivity index (χ0) is 13.7. The maximum absolute atomic E-state index is 5.62. The zero-order valence-corrected chi connectivity index (χ0v) is 11.5. The summed E-state index contributed by atoms with van der Waals surface area (Å²) in [6, 6.07) is 10.5. The fourth-order valence-electron chi connectivity index (χ4n) is 1.93. The maximum Gasteiger partial charge on any atom is 0.155 e. The van der Waals surface area contributed by atoms with Crippen molar-refractivity contribution in [2.75, 3.05) is 18.0 Å². The van der Waals surface area contributed by atoms with E-state index >= 15 is 0 Å². The van der Waals surface area contributed by atoms with Crippen LogP contribution < -0.4 is 10.6 Å². The smallest absolute Gasteiger partial charge is 0.155 e. The van der Waals surface area contributed by atoms with Crippen LogP contribution in [-0.4, -0.2) is 23.3 Å². The van der Waals surface area contributed by atoms with Crippen LogP contribution in [0.4, 0.5) is 11.5 Å². The lowest BCUT2D eigenvalue weighted by Crippen LogP contribution is -2.22. The Morgan fingerprint density at radius 3 is 2.47 bits per heavy atom. The van der Waals surface area contributed by atoms with Crippen molar-refractivity contribution in [1.82, 2.24) is 10.2 Å². The van der Waals surface area contributed by atoms with E-state index in [1.165, 1.54) is 5.56 Å². The van der Waals surface area contributed by atoms with Crippen LogP contribution in [-0.2, 0) is 0 Å². The molecular formula is C15H20N4. The minimum absolute atomic E-state index is 0.668. The number of nitrogens with zero attached hydrogens (tertiary/aromatic N) is 3. The van der Waals surface area contributed by atoms with E-state index in [9.17, 15) is 0 Å². The van der Waals surface area contributed by atoms with Gasteiger partial charge in [-0.1, -0.05) is 17.7 Å². The standard InChI is InChI=1S/C15H20N4/c1-12-4-6-14(7-5-12)19(9-3-8-16)15-10-13(2)11-17-18-15/h4-7,10-11H,3,8-9,16H2,1-2H3. The molecule has 2 rings (SSSR count). The lowest BCUT2D eigenvalue weighted by Gasteiger charge is -2.23. The summed E-state index contributed by atoms with van der Waals surface area (Å²) in [4.78, 5) is 2.16. The molecule has 0 bridgehead atoms. The van der Waals surface area contributed by atoms with Crippen LogP contribution >= 0.6 is 0 Å². The molecule has 0 aliphatic rings. The van der Waals surface area contributed by atoms with Crippen molar-refractivity contribution in [3.05, 3.63) is 47.7 Å². The highest BCUT2D eigenvalue weighted by Gasteiger charge is 2.10. The molecule has 0 spiro atoms. The van der Waals surface area contributed by atoms with E-state index in [2.05, 4.69) is 46.3 Å². The minimum atomic E-state index is 0.668. The molecule has 2 aromatic rings. The van der Waals surface area contributed by atoms with Gasteiger partial charge in [-0.3, -0.25) is 0 Å². The van der Waals surface area contributed by atoms with Crippen molar-refractivity contribution in [2.24, 2.45) is 5.73 Å². The minimum Gasteiger partial charge on any atom is -0.330 e. The van der Waals surface area contributed by atoms with Crippen molar-refractivity contribution >= 4 is 11.5 Å². The quantitative estimate of drug-likeness (QED) is 0.893. The molecule has 0 aliphatic heterocycles. The van der Waals surface area contributed by atoms with Crippen LogP contribution in [0.2, 0.25) is 0 Å². The molecule has 0 atom stereocenters. The van der Waals surface area contributed by atoms with E-state index in [0.29, 0.717) is 6.54 Å². The topological polar surface area (TPSA) is 55.0 Å². The summed E-state index contributed by atoms with van der Waals surface area (Å²) >= 11 is 0. The molecule has 1 heterocycles. The number of anilines is 2. The Hall–Kier alpha value is -1.94. The summed E-state index contributed by atoms with van der Waals surface area (Å²) in [5.74, 6) is 0.873. The molecule has 0 unspecified atom stereocenters. The molecule has 1 aromatic heterocycles. The molecule has 0 radical (unpaired) electrons. The first-order valence-corrected chi connectivity index (χ1v) is 6.54. The van der Waals surface area contributed by atoms with Crippen molar-refractivity contribution in [3.8, 4) is 0 Å².